The standard InChI is InChI=1S/C12H13N/c1-5-11-6-7-12(10(4)8-11)13-9(2)3/h1,6-8H,2-4H3. The minimum atomic E-state index is 0.908. The van der Waals surface area contributed by atoms with Crippen LogP contribution in [-0.4, -0.2) is 5.71 Å². The van der Waals surface area contributed by atoms with E-state index >= 15 is 0 Å². The van der Waals surface area contributed by atoms with Crippen LogP contribution < -0.4 is 0 Å². The first-order valence-corrected chi connectivity index (χ1v) is 4.22. The third kappa shape index (κ3) is 2.45. The van der Waals surface area contributed by atoms with Crippen molar-refractivity contribution in [2.24, 2.45) is 4.99 Å². The van der Waals surface area contributed by atoms with Gasteiger partial charge in [0.25, 0.3) is 0 Å². The number of nitrogens with zero attached hydrogens (tertiary/aromatic N) is 1. The molecule has 0 atom stereocenters. The maximum atomic E-state index is 5.28. The summed E-state index contributed by atoms with van der Waals surface area (Å²) in [7, 11) is 0. The fraction of sp³-hybridized carbons (Fsp3) is 0.250. The van der Waals surface area contributed by atoms with Gasteiger partial charge in [0.2, 0.25) is 0 Å². The molecular formula is C12H13N. The zero-order chi connectivity index (χ0) is 9.84. The second-order valence-corrected chi connectivity index (χ2v) is 3.20. The molecule has 0 N–H and O–H groups in total. The number of aliphatic imine (C=N–C) groups is 1. The lowest BCUT2D eigenvalue weighted by molar-refractivity contribution is 1.37. The van der Waals surface area contributed by atoms with E-state index in [0.717, 1.165) is 22.5 Å². The number of terminal acetylenes is 1. The Morgan fingerprint density at radius 1 is 1.38 bits per heavy atom. The second-order valence-electron chi connectivity index (χ2n) is 3.20. The van der Waals surface area contributed by atoms with Crippen molar-refractivity contribution in [3.63, 3.8) is 0 Å². The second kappa shape index (κ2) is 3.91. The summed E-state index contributed by atoms with van der Waals surface area (Å²) < 4.78 is 0. The summed E-state index contributed by atoms with van der Waals surface area (Å²) in [5.41, 5.74) is 4.08. The van der Waals surface area contributed by atoms with Crippen LogP contribution in [0.4, 0.5) is 5.69 Å². The molecule has 0 unspecified atom stereocenters. The summed E-state index contributed by atoms with van der Waals surface area (Å²) in [4.78, 5) is 4.38. The van der Waals surface area contributed by atoms with E-state index < -0.39 is 0 Å². The molecule has 66 valence electrons. The van der Waals surface area contributed by atoms with Crippen molar-refractivity contribution in [2.45, 2.75) is 20.8 Å². The molecule has 1 heteroatoms. The molecule has 0 aromatic heterocycles. The highest BCUT2D eigenvalue weighted by atomic mass is 14.7. The topological polar surface area (TPSA) is 12.4 Å². The Balaban J connectivity index is 3.15. The fourth-order valence-corrected chi connectivity index (χ4v) is 1.11. The van der Waals surface area contributed by atoms with Gasteiger partial charge >= 0.3 is 0 Å². The highest BCUT2D eigenvalue weighted by Crippen LogP contribution is 2.19. The van der Waals surface area contributed by atoms with E-state index in [1.807, 2.05) is 39.0 Å². The van der Waals surface area contributed by atoms with Crippen LogP contribution in [-0.2, 0) is 0 Å². The number of rotatable bonds is 1. The third-order valence-corrected chi connectivity index (χ3v) is 1.71. The highest BCUT2D eigenvalue weighted by molar-refractivity contribution is 5.82. The Kier molecular flexibility index (Phi) is 2.87. The van der Waals surface area contributed by atoms with Gasteiger partial charge in [-0.15, -0.1) is 6.42 Å². The molecule has 0 radical (unpaired) electrons. The van der Waals surface area contributed by atoms with Gasteiger partial charge in [0, 0.05) is 11.3 Å². The molecule has 0 saturated carbocycles. The van der Waals surface area contributed by atoms with Gasteiger partial charge < -0.3 is 0 Å². The zero-order valence-electron chi connectivity index (χ0n) is 8.26. The predicted octanol–water partition coefficient (Wildman–Crippen LogP) is 3.09. The number of benzene rings is 1. The van der Waals surface area contributed by atoms with E-state index in [4.69, 9.17) is 6.42 Å². The Morgan fingerprint density at radius 2 is 2.08 bits per heavy atom. The smallest absolute Gasteiger partial charge is 0.0658 e. The van der Waals surface area contributed by atoms with Gasteiger partial charge in [-0.2, -0.15) is 0 Å². The number of hydrogen-bond acceptors (Lipinski definition) is 1. The average Bonchev–Trinajstić information content (AvgIpc) is 2.08. The van der Waals surface area contributed by atoms with Crippen LogP contribution in [0.2, 0.25) is 0 Å². The molecule has 0 bridgehead atoms. The van der Waals surface area contributed by atoms with Crippen LogP contribution in [0.3, 0.4) is 0 Å². The van der Waals surface area contributed by atoms with E-state index in [1.54, 1.807) is 0 Å². The maximum Gasteiger partial charge on any atom is 0.0658 e. The van der Waals surface area contributed by atoms with E-state index in [2.05, 4.69) is 10.9 Å². The van der Waals surface area contributed by atoms with Crippen LogP contribution in [0.25, 0.3) is 0 Å². The molecule has 0 amide bonds. The molecular weight excluding hydrogens is 158 g/mol. The SMILES string of the molecule is C#Cc1ccc(N=C(C)C)c(C)c1. The van der Waals surface area contributed by atoms with Crippen LogP contribution >= 0.6 is 0 Å². The largest absolute Gasteiger partial charge is 0.258 e. The van der Waals surface area contributed by atoms with Crippen molar-refractivity contribution >= 4 is 11.4 Å². The number of aryl methyl sites for hydroxylation is 1. The maximum absolute atomic E-state index is 5.28. The lowest BCUT2D eigenvalue weighted by atomic mass is 10.1. The Hall–Kier alpha value is -1.55. The van der Waals surface area contributed by atoms with Crippen molar-refractivity contribution in [1.29, 1.82) is 0 Å². The molecule has 0 fully saturated rings. The highest BCUT2D eigenvalue weighted by Gasteiger charge is 1.96. The normalized spacial score (nSPS) is 9.08. The summed E-state index contributed by atoms with van der Waals surface area (Å²) in [6.07, 6.45) is 5.28. The van der Waals surface area contributed by atoms with Gasteiger partial charge in [0.05, 0.1) is 5.69 Å². The minimum absolute atomic E-state index is 0.908. The van der Waals surface area contributed by atoms with E-state index in [1.165, 1.54) is 0 Å². The first kappa shape index (κ1) is 9.54. The van der Waals surface area contributed by atoms with Crippen LogP contribution in [0.15, 0.2) is 23.2 Å². The van der Waals surface area contributed by atoms with E-state index in [9.17, 15) is 0 Å². The average molecular weight is 171 g/mol. The molecule has 0 aliphatic rings. The molecule has 0 aliphatic carbocycles. The monoisotopic (exact) mass is 171 g/mol. The van der Waals surface area contributed by atoms with Crippen molar-refractivity contribution in [2.75, 3.05) is 0 Å². The van der Waals surface area contributed by atoms with Gasteiger partial charge in [-0.1, -0.05) is 5.92 Å². The summed E-state index contributed by atoms with van der Waals surface area (Å²) in [5, 5.41) is 0. The minimum Gasteiger partial charge on any atom is -0.258 e. The summed E-state index contributed by atoms with van der Waals surface area (Å²) in [6.45, 7) is 5.98. The quantitative estimate of drug-likeness (QED) is 0.455. The third-order valence-electron chi connectivity index (χ3n) is 1.71. The van der Waals surface area contributed by atoms with Gasteiger partial charge in [0.15, 0.2) is 0 Å². The summed E-state index contributed by atoms with van der Waals surface area (Å²) in [5.74, 6) is 2.60. The molecule has 0 spiro atoms. The molecule has 13 heavy (non-hydrogen) atoms. The van der Waals surface area contributed by atoms with E-state index in [-0.39, 0.29) is 0 Å². The summed E-state index contributed by atoms with van der Waals surface area (Å²) in [6, 6.07) is 5.84. The number of hydrogen-bond donors (Lipinski definition) is 0. The van der Waals surface area contributed by atoms with Gasteiger partial charge in [-0.05, 0) is 44.5 Å². The van der Waals surface area contributed by atoms with Crippen LogP contribution in [0.5, 0.6) is 0 Å². The zero-order valence-corrected chi connectivity index (χ0v) is 8.26. The van der Waals surface area contributed by atoms with Gasteiger partial charge in [-0.25, -0.2) is 0 Å². The lowest BCUT2D eigenvalue weighted by Crippen LogP contribution is -1.82. The Labute approximate surface area is 79.5 Å². The molecule has 0 heterocycles. The first-order valence-electron chi connectivity index (χ1n) is 4.22. The van der Waals surface area contributed by atoms with Crippen LogP contribution in [0.1, 0.15) is 25.0 Å². The Morgan fingerprint density at radius 3 is 2.54 bits per heavy atom. The van der Waals surface area contributed by atoms with Crippen molar-refractivity contribution in [1.82, 2.24) is 0 Å². The van der Waals surface area contributed by atoms with E-state index in [0.29, 0.717) is 0 Å². The van der Waals surface area contributed by atoms with Gasteiger partial charge in [0.1, 0.15) is 0 Å². The fourth-order valence-electron chi connectivity index (χ4n) is 1.11. The molecule has 1 nitrogen and oxygen atoms in total. The molecule has 1 aromatic carbocycles. The van der Waals surface area contributed by atoms with Crippen molar-refractivity contribution in [3.8, 4) is 12.3 Å². The molecule has 1 rings (SSSR count). The van der Waals surface area contributed by atoms with Crippen LogP contribution in [0, 0.1) is 19.3 Å². The van der Waals surface area contributed by atoms with Crippen molar-refractivity contribution in [3.05, 3.63) is 29.3 Å². The summed E-state index contributed by atoms with van der Waals surface area (Å²) >= 11 is 0. The molecule has 0 aliphatic heterocycles. The molecule has 0 saturated heterocycles. The molecule has 1 aromatic rings. The van der Waals surface area contributed by atoms with Crippen molar-refractivity contribution < 1.29 is 0 Å². The van der Waals surface area contributed by atoms with Gasteiger partial charge in [-0.3, -0.25) is 4.99 Å². The first-order chi connectivity index (χ1) is 6.13. The lowest BCUT2D eigenvalue weighted by Gasteiger charge is -2.01. The Bertz CT molecular complexity index is 377. The predicted molar refractivity (Wildman–Crippen MR) is 57.6 cm³/mol.